The number of hydrazine groups is 1. The summed E-state index contributed by atoms with van der Waals surface area (Å²) < 4.78 is 10.2. The number of ether oxygens (including phenoxy) is 1. The Morgan fingerprint density at radius 3 is 2.10 bits per heavy atom. The molecule has 1 saturated carbocycles. The Morgan fingerprint density at radius 1 is 0.927 bits per heavy atom. The number of nitro benzene ring substituents is 1. The quantitative estimate of drug-likeness (QED) is 0.0772. The Bertz CT molecular complexity index is 1580. The number of carbonyl (C=O) groups is 5. The zero-order valence-corrected chi connectivity index (χ0v) is 21.2. The zero-order valence-electron chi connectivity index (χ0n) is 21.2. The first-order valence-electron chi connectivity index (χ1n) is 12.7. The summed E-state index contributed by atoms with van der Waals surface area (Å²) in [6.45, 7) is -0.652. The number of esters is 1. The highest BCUT2D eigenvalue weighted by molar-refractivity contribution is 6.10. The highest BCUT2D eigenvalue weighted by atomic mass is 16.6. The van der Waals surface area contributed by atoms with Crippen molar-refractivity contribution < 1.29 is 38.1 Å². The molecule has 2 bridgehead atoms. The maximum absolute atomic E-state index is 13.6. The highest BCUT2D eigenvalue weighted by Gasteiger charge is 2.61. The topological polar surface area (TPSA) is 157 Å². The van der Waals surface area contributed by atoms with Crippen molar-refractivity contribution in [3.63, 3.8) is 0 Å². The number of benzene rings is 2. The molecule has 41 heavy (non-hydrogen) atoms. The lowest BCUT2D eigenvalue weighted by atomic mass is 9.85. The minimum atomic E-state index is -0.834. The van der Waals surface area contributed by atoms with Crippen molar-refractivity contribution in [3.05, 3.63) is 106 Å². The maximum Gasteiger partial charge on any atom is 0.379 e. The van der Waals surface area contributed by atoms with Gasteiger partial charge in [-0.2, -0.15) is 5.01 Å². The Morgan fingerprint density at radius 2 is 1.54 bits per heavy atom. The first kappa shape index (κ1) is 25.9. The van der Waals surface area contributed by atoms with Gasteiger partial charge in [0.25, 0.3) is 23.4 Å². The molecule has 12 nitrogen and oxygen atoms in total. The van der Waals surface area contributed by atoms with Crippen LogP contribution in [0.1, 0.15) is 37.7 Å². The largest absolute Gasteiger partial charge is 0.457 e. The first-order chi connectivity index (χ1) is 19.7. The second-order valence-electron chi connectivity index (χ2n) is 9.97. The van der Waals surface area contributed by atoms with Crippen LogP contribution in [-0.4, -0.2) is 51.0 Å². The first-order valence-corrected chi connectivity index (χ1v) is 12.7. The molecule has 3 amide bonds. The molecule has 0 N–H and O–H groups in total. The number of amides is 3. The molecule has 1 saturated heterocycles. The van der Waals surface area contributed by atoms with E-state index in [4.69, 9.17) is 9.15 Å². The van der Waals surface area contributed by atoms with Crippen molar-refractivity contribution in [2.75, 3.05) is 6.54 Å². The molecule has 2 heterocycles. The molecule has 2 aliphatic carbocycles. The van der Waals surface area contributed by atoms with E-state index in [1.165, 1.54) is 54.8 Å². The monoisotopic (exact) mass is 555 g/mol. The summed E-state index contributed by atoms with van der Waals surface area (Å²) in [5.41, 5.74) is -0.157. The van der Waals surface area contributed by atoms with Crippen molar-refractivity contribution in [2.24, 2.45) is 23.7 Å². The van der Waals surface area contributed by atoms with E-state index in [2.05, 4.69) is 0 Å². The van der Waals surface area contributed by atoms with E-state index in [0.717, 1.165) is 22.2 Å². The minimum Gasteiger partial charge on any atom is -0.457 e. The standard InChI is InChI=1S/C29H21N3O9/c33-22(16-7-11-21(12-8-16)41-29(37)23-2-1-13-40-23)15-30(26(34)17-5-9-20(10-6-17)32(38)39)31-27(35)24-18-3-4-19(14-18)25(24)28(31)36/h1-13,18-19,24-25H,14-15H2/t18-,19+,24-,25-/m0/s1. The number of ketones is 1. The summed E-state index contributed by atoms with van der Waals surface area (Å²) in [5.74, 6) is -4.58. The number of nitro groups is 1. The van der Waals surface area contributed by atoms with Crippen LogP contribution < -0.4 is 4.74 Å². The molecule has 0 spiro atoms. The van der Waals surface area contributed by atoms with Crippen molar-refractivity contribution in [3.8, 4) is 5.75 Å². The summed E-state index contributed by atoms with van der Waals surface area (Å²) in [6, 6.07) is 13.2. The van der Waals surface area contributed by atoms with E-state index in [-0.39, 0.29) is 40.2 Å². The van der Waals surface area contributed by atoms with E-state index in [1.807, 2.05) is 12.2 Å². The van der Waals surface area contributed by atoms with Crippen LogP contribution in [0.15, 0.2) is 83.5 Å². The van der Waals surface area contributed by atoms with E-state index < -0.39 is 52.8 Å². The van der Waals surface area contributed by atoms with Gasteiger partial charge in [0.2, 0.25) is 5.76 Å². The van der Waals surface area contributed by atoms with Crippen LogP contribution in [0.4, 0.5) is 5.69 Å². The maximum atomic E-state index is 13.6. The smallest absolute Gasteiger partial charge is 0.379 e. The second kappa shape index (κ2) is 9.97. The third-order valence-corrected chi connectivity index (χ3v) is 7.65. The average molecular weight is 555 g/mol. The Labute approximate surface area is 231 Å². The molecule has 12 heteroatoms. The van der Waals surface area contributed by atoms with E-state index in [0.29, 0.717) is 6.42 Å². The van der Waals surface area contributed by atoms with Gasteiger partial charge in [0.1, 0.15) is 12.3 Å². The van der Waals surface area contributed by atoms with Crippen LogP contribution >= 0.6 is 0 Å². The van der Waals surface area contributed by atoms with Crippen LogP contribution in [0.25, 0.3) is 0 Å². The number of hydrogen-bond acceptors (Lipinski definition) is 9. The predicted octanol–water partition coefficient (Wildman–Crippen LogP) is 3.45. The predicted molar refractivity (Wildman–Crippen MR) is 138 cm³/mol. The summed E-state index contributed by atoms with van der Waals surface area (Å²) in [4.78, 5) is 76.5. The molecule has 3 aromatic rings. The van der Waals surface area contributed by atoms with Crippen molar-refractivity contribution in [2.45, 2.75) is 6.42 Å². The van der Waals surface area contributed by atoms with Gasteiger partial charge in [-0.1, -0.05) is 12.2 Å². The Balaban J connectivity index is 1.26. The third kappa shape index (κ3) is 4.48. The molecule has 206 valence electrons. The summed E-state index contributed by atoms with van der Waals surface area (Å²) in [6.07, 6.45) is 5.84. The Hall–Kier alpha value is -5.39. The van der Waals surface area contributed by atoms with Gasteiger partial charge in [-0.15, -0.1) is 0 Å². The van der Waals surface area contributed by atoms with Crippen molar-refractivity contribution >= 4 is 35.2 Å². The lowest BCUT2D eigenvalue weighted by molar-refractivity contribution is -0.384. The molecule has 6 rings (SSSR count). The number of hydrogen-bond donors (Lipinski definition) is 0. The number of imide groups is 1. The van der Waals surface area contributed by atoms with Crippen LogP contribution in [0, 0.1) is 33.8 Å². The number of Topliss-reactive ketones (excluding diaryl/α,β-unsaturated/α-hetero) is 1. The Kier molecular flexibility index (Phi) is 6.29. The van der Waals surface area contributed by atoms with E-state index in [9.17, 15) is 34.1 Å². The number of non-ortho nitro benzene ring substituents is 1. The van der Waals surface area contributed by atoms with Crippen molar-refractivity contribution in [1.82, 2.24) is 10.0 Å². The summed E-state index contributed by atoms with van der Waals surface area (Å²) >= 11 is 0. The minimum absolute atomic E-state index is 0.00102. The third-order valence-electron chi connectivity index (χ3n) is 7.65. The zero-order chi connectivity index (χ0) is 28.8. The van der Waals surface area contributed by atoms with Crippen LogP contribution in [0.3, 0.4) is 0 Å². The molecule has 0 unspecified atom stereocenters. The van der Waals surface area contributed by atoms with Crippen molar-refractivity contribution in [1.29, 1.82) is 0 Å². The number of carbonyl (C=O) groups excluding carboxylic acids is 5. The fourth-order valence-corrected chi connectivity index (χ4v) is 5.72. The van der Waals surface area contributed by atoms with Gasteiger partial charge in [0.05, 0.1) is 23.0 Å². The molecule has 2 fully saturated rings. The van der Waals surface area contributed by atoms with Gasteiger partial charge in [-0.3, -0.25) is 29.3 Å². The number of nitrogens with zero attached hydrogens (tertiary/aromatic N) is 3. The molecular formula is C29H21N3O9. The molecule has 0 radical (unpaired) electrons. The van der Waals surface area contributed by atoms with Gasteiger partial charge in [-0.25, -0.2) is 9.80 Å². The average Bonchev–Trinajstić information content (AvgIpc) is 3.78. The van der Waals surface area contributed by atoms with Crippen LogP contribution in [-0.2, 0) is 9.59 Å². The van der Waals surface area contributed by atoms with Gasteiger partial charge in [0, 0.05) is 23.3 Å². The summed E-state index contributed by atoms with van der Waals surface area (Å²) in [5, 5.41) is 12.6. The number of rotatable bonds is 8. The highest BCUT2D eigenvalue weighted by Crippen LogP contribution is 2.52. The number of furan rings is 1. The molecule has 3 aliphatic rings. The molecule has 1 aliphatic heterocycles. The molecule has 2 aromatic carbocycles. The fraction of sp³-hybridized carbons (Fsp3) is 0.207. The van der Waals surface area contributed by atoms with Gasteiger partial charge >= 0.3 is 5.97 Å². The molecule has 1 aromatic heterocycles. The lowest BCUT2D eigenvalue weighted by Crippen LogP contribution is -2.52. The number of fused-ring (bicyclic) bond motifs is 5. The van der Waals surface area contributed by atoms with Gasteiger partial charge in [-0.05, 0) is 66.8 Å². The number of allylic oxidation sites excluding steroid dienone is 2. The summed E-state index contributed by atoms with van der Waals surface area (Å²) in [7, 11) is 0. The molecular weight excluding hydrogens is 534 g/mol. The molecule has 4 atom stereocenters. The van der Waals surface area contributed by atoms with Gasteiger partial charge < -0.3 is 9.15 Å². The second-order valence-corrected chi connectivity index (χ2v) is 9.97. The van der Waals surface area contributed by atoms with Gasteiger partial charge in [0.15, 0.2) is 5.78 Å². The SMILES string of the molecule is O=C(CN(C(=O)c1ccc([N+](=O)[O-])cc1)N1C(=O)[C@@H]2[C@@H](C1=O)[C@H]1C=C[C@@H]2C1)c1ccc(OC(=O)c2ccco2)cc1. The fourth-order valence-electron chi connectivity index (χ4n) is 5.72. The van der Waals surface area contributed by atoms with E-state index in [1.54, 1.807) is 0 Å². The van der Waals surface area contributed by atoms with Crippen LogP contribution in [0.2, 0.25) is 0 Å². The normalized spacial score (nSPS) is 22.1. The van der Waals surface area contributed by atoms with Crippen LogP contribution in [0.5, 0.6) is 5.75 Å². The van der Waals surface area contributed by atoms with E-state index >= 15 is 0 Å². The lowest BCUT2D eigenvalue weighted by Gasteiger charge is -2.30.